The van der Waals surface area contributed by atoms with E-state index in [1.807, 2.05) is 7.05 Å². The van der Waals surface area contributed by atoms with Gasteiger partial charge in [0.15, 0.2) is 0 Å². The van der Waals surface area contributed by atoms with E-state index in [4.69, 9.17) is 30.4 Å². The summed E-state index contributed by atoms with van der Waals surface area (Å²) in [7, 11) is 1.84. The van der Waals surface area contributed by atoms with Crippen LogP contribution in [-0.2, 0) is 33.3 Å². The van der Waals surface area contributed by atoms with E-state index in [0.717, 1.165) is 13.0 Å². The van der Waals surface area contributed by atoms with Gasteiger partial charge in [-0.15, -0.1) is 0 Å². The van der Waals surface area contributed by atoms with E-state index in [-0.39, 0.29) is 32.3 Å². The van der Waals surface area contributed by atoms with Crippen molar-refractivity contribution in [1.82, 2.24) is 16.0 Å². The summed E-state index contributed by atoms with van der Waals surface area (Å²) in [5.41, 5.74) is 10.7. The van der Waals surface area contributed by atoms with Crippen molar-refractivity contribution in [3.63, 3.8) is 0 Å². The van der Waals surface area contributed by atoms with Crippen LogP contribution in [0.15, 0.2) is 0 Å². The molecule has 31 heavy (non-hydrogen) atoms. The van der Waals surface area contributed by atoms with E-state index >= 15 is 0 Å². The highest BCUT2D eigenvalue weighted by Gasteiger charge is 2.17. The van der Waals surface area contributed by atoms with E-state index < -0.39 is 17.9 Å². The second-order valence-electron chi connectivity index (χ2n) is 6.59. The number of unbranched alkanes of at least 4 members (excludes halogenated alkanes) is 1. The molecule has 0 bridgehead atoms. The lowest BCUT2D eigenvalue weighted by Gasteiger charge is -2.15. The van der Waals surface area contributed by atoms with Crippen LogP contribution in [0.25, 0.3) is 0 Å². The fourth-order valence-corrected chi connectivity index (χ4v) is 2.27. The van der Waals surface area contributed by atoms with Gasteiger partial charge in [0.1, 0.15) is 19.3 Å². The molecule has 3 amide bonds. The summed E-state index contributed by atoms with van der Waals surface area (Å²) < 4.78 is 21.0. The highest BCUT2D eigenvalue weighted by Crippen LogP contribution is 2.00. The molecule has 12 heteroatoms. The number of rotatable bonds is 22. The molecule has 0 aromatic carbocycles. The SMILES string of the molecule is CNCCOCCOCC(=O)NCCOCCOCC(=O)N[C@@H](CCCCN)C(N)=O. The third-order valence-electron chi connectivity index (χ3n) is 3.90. The van der Waals surface area contributed by atoms with Crippen molar-refractivity contribution in [2.75, 3.05) is 79.5 Å². The fourth-order valence-electron chi connectivity index (χ4n) is 2.27. The molecule has 0 radical (unpaired) electrons. The van der Waals surface area contributed by atoms with Crippen LogP contribution in [0.1, 0.15) is 19.3 Å². The molecule has 0 saturated heterocycles. The van der Waals surface area contributed by atoms with E-state index in [2.05, 4.69) is 16.0 Å². The molecular weight excluding hydrogens is 410 g/mol. The van der Waals surface area contributed by atoms with E-state index in [9.17, 15) is 14.4 Å². The lowest BCUT2D eigenvalue weighted by molar-refractivity contribution is -0.131. The molecule has 0 saturated carbocycles. The van der Waals surface area contributed by atoms with E-state index in [1.54, 1.807) is 0 Å². The lowest BCUT2D eigenvalue weighted by atomic mass is 10.1. The van der Waals surface area contributed by atoms with Crippen LogP contribution >= 0.6 is 0 Å². The van der Waals surface area contributed by atoms with Crippen molar-refractivity contribution < 1.29 is 33.3 Å². The Morgan fingerprint density at radius 2 is 1.39 bits per heavy atom. The molecule has 12 nitrogen and oxygen atoms in total. The Balaban J connectivity index is 3.54. The average Bonchev–Trinajstić information content (AvgIpc) is 2.74. The summed E-state index contributed by atoms with van der Waals surface area (Å²) in [6.07, 6.45) is 1.91. The molecule has 0 aliphatic rings. The van der Waals surface area contributed by atoms with Crippen LogP contribution in [0, 0.1) is 0 Å². The zero-order valence-corrected chi connectivity index (χ0v) is 18.5. The summed E-state index contributed by atoms with van der Waals surface area (Å²) in [5.74, 6) is -1.24. The number of nitrogens with one attached hydrogen (secondary N) is 3. The molecule has 7 N–H and O–H groups in total. The van der Waals surface area contributed by atoms with Crippen molar-refractivity contribution >= 4 is 17.7 Å². The predicted octanol–water partition coefficient (Wildman–Crippen LogP) is -2.51. The van der Waals surface area contributed by atoms with Crippen LogP contribution in [0.4, 0.5) is 0 Å². The van der Waals surface area contributed by atoms with Crippen molar-refractivity contribution in [3.8, 4) is 0 Å². The van der Waals surface area contributed by atoms with E-state index in [1.165, 1.54) is 0 Å². The zero-order chi connectivity index (χ0) is 23.2. The predicted molar refractivity (Wildman–Crippen MR) is 114 cm³/mol. The smallest absolute Gasteiger partial charge is 0.246 e. The highest BCUT2D eigenvalue weighted by atomic mass is 16.5. The lowest BCUT2D eigenvalue weighted by Crippen LogP contribution is -2.45. The van der Waals surface area contributed by atoms with Gasteiger partial charge in [0.05, 0.1) is 39.6 Å². The van der Waals surface area contributed by atoms with Crippen molar-refractivity contribution in [3.05, 3.63) is 0 Å². The minimum atomic E-state index is -0.725. The molecule has 0 aromatic heterocycles. The molecule has 0 heterocycles. The quantitative estimate of drug-likeness (QED) is 0.112. The molecule has 0 rings (SSSR count). The van der Waals surface area contributed by atoms with Gasteiger partial charge in [0.25, 0.3) is 0 Å². The Morgan fingerprint density at radius 3 is 1.97 bits per heavy atom. The zero-order valence-electron chi connectivity index (χ0n) is 18.5. The Labute approximate surface area is 184 Å². The molecular formula is C19H39N5O7. The van der Waals surface area contributed by atoms with Crippen LogP contribution in [0.2, 0.25) is 0 Å². The maximum atomic E-state index is 11.8. The summed E-state index contributed by atoms with van der Waals surface area (Å²) in [6, 6.07) is -0.725. The number of carbonyl (C=O) groups excluding carboxylic acids is 3. The van der Waals surface area contributed by atoms with E-state index in [0.29, 0.717) is 52.4 Å². The first-order valence-corrected chi connectivity index (χ1v) is 10.5. The standard InChI is InChI=1S/C19H39N5O7/c1-22-6-8-28-10-12-30-14-17(25)23-7-9-29-11-13-31-15-18(26)24-16(19(21)27)4-2-3-5-20/h16,22H,2-15,20H2,1H3,(H2,21,27)(H,23,25)(H,24,26)/t16-/m0/s1. The van der Waals surface area contributed by atoms with Crippen molar-refractivity contribution in [2.24, 2.45) is 11.5 Å². The average molecular weight is 450 g/mol. The summed E-state index contributed by atoms with van der Waals surface area (Å²) in [4.78, 5) is 34.7. The van der Waals surface area contributed by atoms with Crippen molar-refractivity contribution in [2.45, 2.75) is 25.3 Å². The number of hydrogen-bond acceptors (Lipinski definition) is 9. The third-order valence-corrected chi connectivity index (χ3v) is 3.90. The molecule has 0 fully saturated rings. The Kier molecular flexibility index (Phi) is 20.1. The number of likely N-dealkylation sites (N-methyl/N-ethyl adjacent to an activating group) is 1. The Hall–Kier alpha value is -1.83. The maximum absolute atomic E-state index is 11.8. The summed E-state index contributed by atoms with van der Waals surface area (Å²) in [6.45, 7) is 3.55. The van der Waals surface area contributed by atoms with Crippen LogP contribution < -0.4 is 27.4 Å². The fraction of sp³-hybridized carbons (Fsp3) is 0.842. The largest absolute Gasteiger partial charge is 0.378 e. The second-order valence-corrected chi connectivity index (χ2v) is 6.59. The van der Waals surface area contributed by atoms with Gasteiger partial charge in [-0.3, -0.25) is 14.4 Å². The molecule has 0 unspecified atom stereocenters. The second kappa shape index (κ2) is 21.4. The number of ether oxygens (including phenoxy) is 4. The van der Waals surface area contributed by atoms with Gasteiger partial charge in [-0.2, -0.15) is 0 Å². The van der Waals surface area contributed by atoms with Gasteiger partial charge in [-0.25, -0.2) is 0 Å². The molecule has 1 atom stereocenters. The number of carbonyl (C=O) groups is 3. The number of nitrogens with two attached hydrogens (primary N) is 2. The summed E-state index contributed by atoms with van der Waals surface area (Å²) >= 11 is 0. The number of primary amides is 1. The van der Waals surface area contributed by atoms with Gasteiger partial charge in [0, 0.05) is 13.1 Å². The maximum Gasteiger partial charge on any atom is 0.246 e. The highest BCUT2D eigenvalue weighted by molar-refractivity contribution is 5.86. The molecule has 0 spiro atoms. The minimum Gasteiger partial charge on any atom is -0.378 e. The number of amides is 3. The molecule has 0 aliphatic carbocycles. The monoisotopic (exact) mass is 449 g/mol. The van der Waals surface area contributed by atoms with Gasteiger partial charge < -0.3 is 46.4 Å². The van der Waals surface area contributed by atoms with Gasteiger partial charge in [-0.05, 0) is 32.9 Å². The molecule has 182 valence electrons. The van der Waals surface area contributed by atoms with Crippen LogP contribution in [0.5, 0.6) is 0 Å². The molecule has 0 aliphatic heterocycles. The van der Waals surface area contributed by atoms with Crippen LogP contribution in [0.3, 0.4) is 0 Å². The molecule has 0 aromatic rings. The van der Waals surface area contributed by atoms with Crippen molar-refractivity contribution in [1.29, 1.82) is 0 Å². The first-order valence-electron chi connectivity index (χ1n) is 10.5. The Morgan fingerprint density at radius 1 is 0.806 bits per heavy atom. The van der Waals surface area contributed by atoms with Crippen LogP contribution in [-0.4, -0.2) is 103 Å². The Bertz CT molecular complexity index is 483. The van der Waals surface area contributed by atoms with Gasteiger partial charge >= 0.3 is 0 Å². The third kappa shape index (κ3) is 19.9. The topological polar surface area (TPSA) is 176 Å². The normalized spacial score (nSPS) is 11.8. The summed E-state index contributed by atoms with van der Waals surface area (Å²) in [5, 5.41) is 8.16. The first kappa shape index (κ1) is 29.2. The van der Waals surface area contributed by atoms with Gasteiger partial charge in [-0.1, -0.05) is 0 Å². The minimum absolute atomic E-state index is 0.0356. The van der Waals surface area contributed by atoms with Gasteiger partial charge in [0.2, 0.25) is 17.7 Å². The number of hydrogen-bond donors (Lipinski definition) is 5. The first-order chi connectivity index (χ1) is 15.0.